The normalized spacial score (nSPS) is 11.7. The van der Waals surface area contributed by atoms with E-state index in [1.54, 1.807) is 0 Å². The lowest BCUT2D eigenvalue weighted by molar-refractivity contribution is -0.138. The van der Waals surface area contributed by atoms with Crippen molar-refractivity contribution in [3.63, 3.8) is 0 Å². The van der Waals surface area contributed by atoms with E-state index in [4.69, 9.17) is 5.53 Å². The topological polar surface area (TPSA) is 66.4 Å². The molecule has 3 aromatic rings. The van der Waals surface area contributed by atoms with Gasteiger partial charge in [-0.25, -0.2) is 4.98 Å². The molecule has 0 N–H and O–H groups in total. The molecule has 2 aromatic carbocycles. The van der Waals surface area contributed by atoms with Gasteiger partial charge in [-0.1, -0.05) is 24.3 Å². The molecule has 0 radical (unpaired) electrons. The van der Waals surface area contributed by atoms with Crippen LogP contribution in [0.15, 0.2) is 60.7 Å². The fraction of sp³-hybridized carbons (Fsp3) is 0.0952. The van der Waals surface area contributed by atoms with Crippen LogP contribution in [0.4, 0.5) is 26.3 Å². The van der Waals surface area contributed by atoms with Crippen LogP contribution in [-0.4, -0.2) is 21.8 Å². The minimum absolute atomic E-state index is 0.00126. The molecular weight excluding hydrogens is 424 g/mol. The first-order valence-electron chi connectivity index (χ1n) is 8.58. The zero-order valence-corrected chi connectivity index (χ0v) is 15.4. The number of aromatic nitrogens is 1. The third kappa shape index (κ3) is 5.04. The first kappa shape index (κ1) is 21.9. The Kier molecular flexibility index (Phi) is 5.77. The Morgan fingerprint density at radius 3 is 1.65 bits per heavy atom. The molecule has 0 aliphatic rings. The molecule has 4 nitrogen and oxygen atoms in total. The second kappa shape index (κ2) is 8.16. The summed E-state index contributed by atoms with van der Waals surface area (Å²) in [7, 11) is 0. The molecule has 0 aliphatic carbocycles. The molecule has 31 heavy (non-hydrogen) atoms. The van der Waals surface area contributed by atoms with Crippen LogP contribution in [0.1, 0.15) is 21.5 Å². The molecule has 158 valence electrons. The molecule has 0 unspecified atom stereocenters. The highest BCUT2D eigenvalue weighted by molar-refractivity contribution is 6.33. The third-order valence-electron chi connectivity index (χ3n) is 4.26. The van der Waals surface area contributed by atoms with Crippen LogP contribution in [0.25, 0.3) is 28.0 Å². The average Bonchev–Trinajstić information content (AvgIpc) is 2.72. The number of Topliss-reactive ketones (excluding diaryl/α,β-unsaturated/α-hetero) is 1. The maximum absolute atomic E-state index is 13.1. The van der Waals surface area contributed by atoms with E-state index >= 15 is 0 Å². The lowest BCUT2D eigenvalue weighted by Gasteiger charge is -2.12. The fourth-order valence-electron chi connectivity index (χ4n) is 2.81. The molecule has 0 saturated carbocycles. The molecule has 0 spiro atoms. The molecular formula is C21H11F6N3O. The number of hydrogen-bond acceptors (Lipinski definition) is 2. The Labute approximate surface area is 171 Å². The molecule has 10 heteroatoms. The van der Waals surface area contributed by atoms with E-state index in [1.165, 1.54) is 12.1 Å². The van der Waals surface area contributed by atoms with Gasteiger partial charge in [-0.2, -0.15) is 31.1 Å². The molecule has 0 fully saturated rings. The van der Waals surface area contributed by atoms with Crippen LogP contribution in [0.3, 0.4) is 0 Å². The number of alkyl halides is 6. The number of pyridine rings is 1. The quantitative estimate of drug-likeness (QED) is 0.167. The van der Waals surface area contributed by atoms with Crippen LogP contribution in [0.5, 0.6) is 0 Å². The van der Waals surface area contributed by atoms with Crippen molar-refractivity contribution in [1.29, 1.82) is 0 Å². The summed E-state index contributed by atoms with van der Waals surface area (Å²) in [5.74, 6) is -0.814. The smallest absolute Gasteiger partial charge is 0.361 e. The van der Waals surface area contributed by atoms with Gasteiger partial charge in [0.25, 0.3) is 5.78 Å². The number of hydrogen-bond donors (Lipinski definition) is 0. The Morgan fingerprint density at radius 2 is 1.26 bits per heavy atom. The van der Waals surface area contributed by atoms with Crippen LogP contribution < -0.4 is 0 Å². The van der Waals surface area contributed by atoms with Gasteiger partial charge in [-0.3, -0.25) is 4.79 Å². The summed E-state index contributed by atoms with van der Waals surface area (Å²) in [6.45, 7) is 0. The molecule has 0 aliphatic heterocycles. The van der Waals surface area contributed by atoms with Crippen molar-refractivity contribution < 1.29 is 35.9 Å². The van der Waals surface area contributed by atoms with E-state index in [1.807, 2.05) is 0 Å². The maximum atomic E-state index is 13.1. The molecule has 1 heterocycles. The maximum Gasteiger partial charge on any atom is 0.416 e. The standard InChI is InChI=1S/C21H11F6N3O/c22-20(23,24)15-5-1-3-12(7-15)17-9-14(19(31)11-29-28)10-18(30-17)13-4-2-6-16(8-13)21(25,26)27/h1-11H. The summed E-state index contributed by atoms with van der Waals surface area (Å²) in [6, 6.07) is 10.6. The summed E-state index contributed by atoms with van der Waals surface area (Å²) in [5, 5.41) is 0. The first-order chi connectivity index (χ1) is 14.5. The van der Waals surface area contributed by atoms with E-state index in [0.717, 1.165) is 48.5 Å². The molecule has 0 atom stereocenters. The minimum Gasteiger partial charge on any atom is -0.361 e. The Hall–Kier alpha value is -3.78. The minimum atomic E-state index is -4.63. The van der Waals surface area contributed by atoms with E-state index in [9.17, 15) is 31.1 Å². The highest BCUT2D eigenvalue weighted by Gasteiger charge is 2.31. The first-order valence-corrected chi connectivity index (χ1v) is 8.58. The zero-order chi connectivity index (χ0) is 22.8. The molecule has 1 aromatic heterocycles. The van der Waals surface area contributed by atoms with Gasteiger partial charge in [0.05, 0.1) is 22.5 Å². The molecule has 0 bridgehead atoms. The van der Waals surface area contributed by atoms with E-state index in [-0.39, 0.29) is 28.1 Å². The molecule has 0 saturated heterocycles. The predicted molar refractivity (Wildman–Crippen MR) is 99.1 cm³/mol. The number of benzene rings is 2. The number of halogens is 6. The summed E-state index contributed by atoms with van der Waals surface area (Å²) in [6.07, 6.45) is -8.70. The fourth-order valence-corrected chi connectivity index (χ4v) is 2.81. The SMILES string of the molecule is [N-]=[N+]=CC(=O)c1cc(-c2cccc(C(F)(F)F)c2)nc(-c2cccc(C(F)(F)F)c2)c1. The van der Waals surface area contributed by atoms with Crippen molar-refractivity contribution in [2.75, 3.05) is 0 Å². The third-order valence-corrected chi connectivity index (χ3v) is 4.26. The lowest BCUT2D eigenvalue weighted by atomic mass is 10.0. The van der Waals surface area contributed by atoms with Gasteiger partial charge >= 0.3 is 18.6 Å². The lowest BCUT2D eigenvalue weighted by Crippen LogP contribution is -2.06. The molecule has 3 rings (SSSR count). The zero-order valence-electron chi connectivity index (χ0n) is 15.4. The van der Waals surface area contributed by atoms with E-state index in [0.29, 0.717) is 6.21 Å². The van der Waals surface area contributed by atoms with E-state index in [2.05, 4.69) is 9.77 Å². The number of carbonyl (C=O) groups excluding carboxylic acids is 1. The highest BCUT2D eigenvalue weighted by atomic mass is 19.4. The van der Waals surface area contributed by atoms with Crippen molar-refractivity contribution in [2.45, 2.75) is 12.4 Å². The van der Waals surface area contributed by atoms with Crippen molar-refractivity contribution in [2.24, 2.45) is 0 Å². The van der Waals surface area contributed by atoms with Crippen molar-refractivity contribution >= 4 is 12.0 Å². The van der Waals surface area contributed by atoms with Crippen LogP contribution in [-0.2, 0) is 12.4 Å². The summed E-state index contributed by atoms with van der Waals surface area (Å²) >= 11 is 0. The number of nitrogens with zero attached hydrogens (tertiary/aromatic N) is 3. The Bertz CT molecular complexity index is 1120. The van der Waals surface area contributed by atoms with Crippen molar-refractivity contribution in [3.8, 4) is 22.5 Å². The van der Waals surface area contributed by atoms with Gasteiger partial charge in [0.15, 0.2) is 0 Å². The summed E-state index contributed by atoms with van der Waals surface area (Å²) in [4.78, 5) is 19.0. The molecule has 0 amide bonds. The van der Waals surface area contributed by atoms with Crippen LogP contribution in [0, 0.1) is 0 Å². The summed E-state index contributed by atoms with van der Waals surface area (Å²) < 4.78 is 78.4. The second-order valence-corrected chi connectivity index (χ2v) is 6.39. The van der Waals surface area contributed by atoms with Gasteiger partial charge in [-0.15, -0.1) is 0 Å². The number of carbonyl (C=O) groups is 1. The van der Waals surface area contributed by atoms with Gasteiger partial charge in [-0.05, 0) is 36.4 Å². The summed E-state index contributed by atoms with van der Waals surface area (Å²) in [5.41, 5.74) is 6.41. The number of ketones is 1. The predicted octanol–water partition coefficient (Wildman–Crippen LogP) is 5.94. The largest absolute Gasteiger partial charge is 0.416 e. The number of rotatable bonds is 4. The Balaban J connectivity index is 2.22. The Morgan fingerprint density at radius 1 is 0.806 bits per heavy atom. The van der Waals surface area contributed by atoms with Crippen molar-refractivity contribution in [3.05, 3.63) is 82.9 Å². The van der Waals surface area contributed by atoms with Gasteiger partial charge in [0.2, 0.25) is 0 Å². The van der Waals surface area contributed by atoms with Gasteiger partial charge < -0.3 is 5.53 Å². The van der Waals surface area contributed by atoms with Gasteiger partial charge in [0, 0.05) is 16.7 Å². The second-order valence-electron chi connectivity index (χ2n) is 6.39. The van der Waals surface area contributed by atoms with Crippen molar-refractivity contribution in [1.82, 2.24) is 4.98 Å². The van der Waals surface area contributed by atoms with Gasteiger partial charge in [0.1, 0.15) is 0 Å². The van der Waals surface area contributed by atoms with Crippen LogP contribution in [0.2, 0.25) is 0 Å². The monoisotopic (exact) mass is 435 g/mol. The van der Waals surface area contributed by atoms with E-state index < -0.39 is 29.3 Å². The van der Waals surface area contributed by atoms with Crippen LogP contribution >= 0.6 is 0 Å². The highest BCUT2D eigenvalue weighted by Crippen LogP contribution is 2.34. The average molecular weight is 435 g/mol.